The molecular formula is C14H24. The molecule has 2 saturated carbocycles. The molecule has 2 aliphatic rings. The topological polar surface area (TPSA) is 0 Å². The molecule has 0 amide bonds. The highest BCUT2D eigenvalue weighted by atomic mass is 14.6. The Hall–Kier alpha value is -0.260. The summed E-state index contributed by atoms with van der Waals surface area (Å²) < 4.78 is 0. The van der Waals surface area contributed by atoms with Crippen LogP contribution in [0.5, 0.6) is 0 Å². The van der Waals surface area contributed by atoms with E-state index in [-0.39, 0.29) is 0 Å². The highest BCUT2D eigenvalue weighted by Gasteiger charge is 2.58. The Morgan fingerprint density at radius 2 is 2.29 bits per heavy atom. The Morgan fingerprint density at radius 1 is 1.57 bits per heavy atom. The van der Waals surface area contributed by atoms with Gasteiger partial charge in [0, 0.05) is 0 Å². The summed E-state index contributed by atoms with van der Waals surface area (Å²) in [7, 11) is 0. The highest BCUT2D eigenvalue weighted by molar-refractivity contribution is 5.07. The summed E-state index contributed by atoms with van der Waals surface area (Å²) in [5.74, 6) is 4.01. The van der Waals surface area contributed by atoms with Crippen LogP contribution in [0, 0.1) is 29.1 Å². The van der Waals surface area contributed by atoms with Gasteiger partial charge >= 0.3 is 0 Å². The molecule has 0 heteroatoms. The van der Waals surface area contributed by atoms with Crippen molar-refractivity contribution in [3.63, 3.8) is 0 Å². The van der Waals surface area contributed by atoms with Crippen LogP contribution in [0.15, 0.2) is 12.7 Å². The Morgan fingerprint density at radius 3 is 2.71 bits per heavy atom. The van der Waals surface area contributed by atoms with E-state index in [4.69, 9.17) is 0 Å². The molecule has 5 unspecified atom stereocenters. The van der Waals surface area contributed by atoms with Crippen molar-refractivity contribution < 1.29 is 0 Å². The van der Waals surface area contributed by atoms with Gasteiger partial charge in [-0.2, -0.15) is 0 Å². The quantitative estimate of drug-likeness (QED) is 0.583. The van der Waals surface area contributed by atoms with Gasteiger partial charge in [0.15, 0.2) is 0 Å². The lowest BCUT2D eigenvalue weighted by Gasteiger charge is -2.30. The van der Waals surface area contributed by atoms with E-state index in [0.29, 0.717) is 5.41 Å². The first-order chi connectivity index (χ1) is 6.57. The van der Waals surface area contributed by atoms with Gasteiger partial charge in [0.2, 0.25) is 0 Å². The summed E-state index contributed by atoms with van der Waals surface area (Å²) >= 11 is 0. The molecule has 2 aliphatic carbocycles. The molecule has 0 spiro atoms. The lowest BCUT2D eigenvalue weighted by atomic mass is 9.75. The third-order valence-electron chi connectivity index (χ3n) is 4.64. The fourth-order valence-corrected chi connectivity index (χ4v) is 4.08. The van der Waals surface area contributed by atoms with E-state index in [1.165, 1.54) is 25.7 Å². The molecule has 0 saturated heterocycles. The molecule has 0 heterocycles. The second-order valence-corrected chi connectivity index (χ2v) is 6.18. The van der Waals surface area contributed by atoms with E-state index >= 15 is 0 Å². The van der Waals surface area contributed by atoms with Crippen LogP contribution in [0.25, 0.3) is 0 Å². The first-order valence-corrected chi connectivity index (χ1v) is 6.17. The van der Waals surface area contributed by atoms with Crippen LogP contribution >= 0.6 is 0 Å². The van der Waals surface area contributed by atoms with E-state index in [2.05, 4.69) is 33.4 Å². The van der Waals surface area contributed by atoms with Crippen LogP contribution in [0.2, 0.25) is 0 Å². The van der Waals surface area contributed by atoms with Crippen LogP contribution in [0.1, 0.15) is 46.5 Å². The van der Waals surface area contributed by atoms with Crippen molar-refractivity contribution in [3.8, 4) is 0 Å². The molecule has 2 fully saturated rings. The van der Waals surface area contributed by atoms with Gasteiger partial charge in [-0.3, -0.25) is 0 Å². The van der Waals surface area contributed by atoms with Crippen LogP contribution in [-0.4, -0.2) is 0 Å². The van der Waals surface area contributed by atoms with Gasteiger partial charge in [-0.1, -0.05) is 26.8 Å². The number of allylic oxidation sites excluding steroid dienone is 1. The normalized spacial score (nSPS) is 47.2. The van der Waals surface area contributed by atoms with Gasteiger partial charge in [0.05, 0.1) is 0 Å². The van der Waals surface area contributed by atoms with Crippen molar-refractivity contribution in [1.29, 1.82) is 0 Å². The molecule has 0 aromatic rings. The third kappa shape index (κ3) is 1.64. The zero-order valence-electron chi connectivity index (χ0n) is 9.92. The molecule has 0 nitrogen and oxygen atoms in total. The maximum atomic E-state index is 3.84. The molecule has 0 aliphatic heterocycles. The molecule has 5 atom stereocenters. The standard InChI is InChI=1S/C14H24/c1-5-6-10(2)8-14(4)9-11(3)12-7-13(12)14/h5,10-13H,1,6-9H2,2-4H3. The first-order valence-electron chi connectivity index (χ1n) is 6.17. The molecular weight excluding hydrogens is 168 g/mol. The Kier molecular flexibility index (Phi) is 2.49. The Bertz CT molecular complexity index is 230. The van der Waals surface area contributed by atoms with Gasteiger partial charge in [-0.15, -0.1) is 6.58 Å². The largest absolute Gasteiger partial charge is 0.103 e. The van der Waals surface area contributed by atoms with Gasteiger partial charge in [0.25, 0.3) is 0 Å². The lowest BCUT2D eigenvalue weighted by molar-refractivity contribution is 0.208. The zero-order chi connectivity index (χ0) is 10.3. The average molecular weight is 192 g/mol. The fraction of sp³-hybridized carbons (Fsp3) is 0.857. The lowest BCUT2D eigenvalue weighted by Crippen LogP contribution is -2.20. The van der Waals surface area contributed by atoms with Crippen LogP contribution < -0.4 is 0 Å². The van der Waals surface area contributed by atoms with Crippen molar-refractivity contribution >= 4 is 0 Å². The van der Waals surface area contributed by atoms with E-state index in [9.17, 15) is 0 Å². The minimum absolute atomic E-state index is 0.673. The maximum absolute atomic E-state index is 3.84. The first kappa shape index (κ1) is 10.3. The summed E-state index contributed by atoms with van der Waals surface area (Å²) in [4.78, 5) is 0. The highest BCUT2D eigenvalue weighted by Crippen LogP contribution is 2.66. The molecule has 14 heavy (non-hydrogen) atoms. The second kappa shape index (κ2) is 3.40. The molecule has 0 bridgehead atoms. The Balaban J connectivity index is 1.93. The predicted octanol–water partition coefficient (Wildman–Crippen LogP) is 4.27. The predicted molar refractivity (Wildman–Crippen MR) is 62.1 cm³/mol. The van der Waals surface area contributed by atoms with Crippen LogP contribution in [-0.2, 0) is 0 Å². The molecule has 0 N–H and O–H groups in total. The van der Waals surface area contributed by atoms with Crippen molar-refractivity contribution in [3.05, 3.63) is 12.7 Å². The smallest absolute Gasteiger partial charge is 0.0289 e. The number of fused-ring (bicyclic) bond motifs is 1. The zero-order valence-corrected chi connectivity index (χ0v) is 9.92. The summed E-state index contributed by atoms with van der Waals surface area (Å²) in [5, 5.41) is 0. The van der Waals surface area contributed by atoms with Crippen molar-refractivity contribution in [2.45, 2.75) is 46.5 Å². The minimum atomic E-state index is 0.673. The number of rotatable bonds is 4. The second-order valence-electron chi connectivity index (χ2n) is 6.18. The van der Waals surface area contributed by atoms with E-state index in [1.54, 1.807) is 0 Å². The summed E-state index contributed by atoms with van der Waals surface area (Å²) in [6, 6.07) is 0. The van der Waals surface area contributed by atoms with Crippen molar-refractivity contribution in [2.75, 3.05) is 0 Å². The third-order valence-corrected chi connectivity index (χ3v) is 4.64. The average Bonchev–Trinajstić information content (AvgIpc) is 2.77. The van der Waals surface area contributed by atoms with Crippen LogP contribution in [0.3, 0.4) is 0 Å². The monoisotopic (exact) mass is 192 g/mol. The van der Waals surface area contributed by atoms with Gasteiger partial charge in [-0.05, 0) is 54.8 Å². The van der Waals surface area contributed by atoms with Crippen molar-refractivity contribution in [2.24, 2.45) is 29.1 Å². The number of hydrogen-bond donors (Lipinski definition) is 0. The van der Waals surface area contributed by atoms with Gasteiger partial charge < -0.3 is 0 Å². The molecule has 80 valence electrons. The minimum Gasteiger partial charge on any atom is -0.103 e. The van der Waals surface area contributed by atoms with Crippen molar-refractivity contribution in [1.82, 2.24) is 0 Å². The summed E-state index contributed by atoms with van der Waals surface area (Å²) in [6.45, 7) is 11.2. The fourth-order valence-electron chi connectivity index (χ4n) is 4.08. The maximum Gasteiger partial charge on any atom is -0.0289 e. The summed E-state index contributed by atoms with van der Waals surface area (Å²) in [5.41, 5.74) is 0.673. The molecule has 2 rings (SSSR count). The van der Waals surface area contributed by atoms with E-state index in [1.807, 2.05) is 0 Å². The number of hydrogen-bond acceptors (Lipinski definition) is 0. The van der Waals surface area contributed by atoms with Gasteiger partial charge in [0.1, 0.15) is 0 Å². The van der Waals surface area contributed by atoms with E-state index < -0.39 is 0 Å². The van der Waals surface area contributed by atoms with E-state index in [0.717, 1.165) is 23.7 Å². The summed E-state index contributed by atoms with van der Waals surface area (Å²) in [6.07, 6.45) is 7.70. The molecule has 0 aromatic carbocycles. The molecule has 0 aromatic heterocycles. The Labute approximate surface area is 88.8 Å². The molecule has 0 radical (unpaired) electrons. The van der Waals surface area contributed by atoms with Crippen LogP contribution in [0.4, 0.5) is 0 Å². The van der Waals surface area contributed by atoms with Gasteiger partial charge in [-0.25, -0.2) is 0 Å². The SMILES string of the molecule is C=CCC(C)CC1(C)CC(C)C2CC21.